The molecule has 0 saturated carbocycles. The van der Waals surface area contributed by atoms with Crippen LogP contribution in [0.25, 0.3) is 0 Å². The van der Waals surface area contributed by atoms with E-state index in [0.29, 0.717) is 12.4 Å². The number of guanidine groups is 1. The molecule has 19 heavy (non-hydrogen) atoms. The van der Waals surface area contributed by atoms with Crippen LogP contribution >= 0.6 is 24.0 Å². The van der Waals surface area contributed by atoms with Crippen LogP contribution in [0.3, 0.4) is 0 Å². The number of ether oxygens (including phenoxy) is 1. The van der Waals surface area contributed by atoms with Crippen LogP contribution in [0.5, 0.6) is 0 Å². The zero-order chi connectivity index (χ0) is 13.0. The van der Waals surface area contributed by atoms with Gasteiger partial charge in [0, 0.05) is 26.2 Å². The molecule has 0 aromatic carbocycles. The van der Waals surface area contributed by atoms with E-state index in [1.165, 1.54) is 0 Å². The normalized spacial score (nSPS) is 29.8. The molecule has 8 heteroatoms. The predicted octanol–water partition coefficient (Wildman–Crippen LogP) is 0.135. The molecule has 2 N–H and O–H groups in total. The van der Waals surface area contributed by atoms with Gasteiger partial charge in [-0.15, -0.1) is 24.0 Å². The fraction of sp³-hybridized carbons (Fsp3) is 0.909. The summed E-state index contributed by atoms with van der Waals surface area (Å²) in [5, 5.41) is 6.33. The van der Waals surface area contributed by atoms with Crippen molar-refractivity contribution in [2.75, 3.05) is 31.7 Å². The van der Waals surface area contributed by atoms with E-state index in [4.69, 9.17) is 4.74 Å². The molecule has 0 bridgehead atoms. The lowest BCUT2D eigenvalue weighted by molar-refractivity contribution is 0.113. The first kappa shape index (κ1) is 17.0. The lowest BCUT2D eigenvalue weighted by Gasteiger charge is -2.18. The lowest BCUT2D eigenvalue weighted by Crippen LogP contribution is -2.46. The van der Waals surface area contributed by atoms with Gasteiger partial charge >= 0.3 is 0 Å². The van der Waals surface area contributed by atoms with Crippen molar-refractivity contribution in [3.63, 3.8) is 0 Å². The van der Waals surface area contributed by atoms with Crippen LogP contribution < -0.4 is 10.6 Å². The van der Waals surface area contributed by atoms with Gasteiger partial charge in [0.15, 0.2) is 15.8 Å². The van der Waals surface area contributed by atoms with Crippen LogP contribution in [-0.4, -0.2) is 58.2 Å². The van der Waals surface area contributed by atoms with E-state index in [-0.39, 0.29) is 47.6 Å². The van der Waals surface area contributed by atoms with E-state index in [1.807, 2.05) is 0 Å². The first-order valence-corrected chi connectivity index (χ1v) is 8.20. The molecule has 2 aliphatic rings. The Labute approximate surface area is 131 Å². The van der Waals surface area contributed by atoms with Crippen LogP contribution in [0.15, 0.2) is 4.99 Å². The Balaban J connectivity index is 0.00000180. The predicted molar refractivity (Wildman–Crippen MR) is 85.9 cm³/mol. The van der Waals surface area contributed by atoms with Crippen molar-refractivity contribution in [2.45, 2.75) is 31.4 Å². The van der Waals surface area contributed by atoms with E-state index in [0.717, 1.165) is 26.0 Å². The van der Waals surface area contributed by atoms with Gasteiger partial charge in [0.05, 0.1) is 17.6 Å². The van der Waals surface area contributed by atoms with Crippen molar-refractivity contribution in [3.8, 4) is 0 Å². The number of nitrogens with zero attached hydrogens (tertiary/aromatic N) is 1. The van der Waals surface area contributed by atoms with Gasteiger partial charge in [0.25, 0.3) is 0 Å². The smallest absolute Gasteiger partial charge is 0.191 e. The quantitative estimate of drug-likeness (QED) is 0.398. The van der Waals surface area contributed by atoms with Crippen LogP contribution in [0.2, 0.25) is 0 Å². The largest absolute Gasteiger partial charge is 0.376 e. The summed E-state index contributed by atoms with van der Waals surface area (Å²) in [6.45, 7) is 1.55. The molecular weight excluding hydrogens is 381 g/mol. The second kappa shape index (κ2) is 7.63. The summed E-state index contributed by atoms with van der Waals surface area (Å²) in [5.74, 6) is 1.13. The standard InChI is InChI=1S/C11H21N3O3S.HI/c1-12-11(13-7-10-3-2-5-17-10)14-9-4-6-18(15,16)8-9;/h9-10H,2-8H2,1H3,(H2,12,13,14);1H. The van der Waals surface area contributed by atoms with Crippen molar-refractivity contribution >= 4 is 39.8 Å². The van der Waals surface area contributed by atoms with Crippen molar-refractivity contribution in [1.82, 2.24) is 10.6 Å². The lowest BCUT2D eigenvalue weighted by atomic mass is 10.2. The number of hydrogen-bond acceptors (Lipinski definition) is 4. The number of halogens is 1. The molecule has 2 unspecified atom stereocenters. The topological polar surface area (TPSA) is 79.8 Å². The fourth-order valence-corrected chi connectivity index (χ4v) is 3.99. The monoisotopic (exact) mass is 403 g/mol. The number of aliphatic imine (C=N–C) groups is 1. The summed E-state index contributed by atoms with van der Waals surface area (Å²) in [4.78, 5) is 4.10. The molecule has 2 saturated heterocycles. The SMILES string of the molecule is CN=C(NCC1CCCO1)NC1CCS(=O)(=O)C1.I. The summed E-state index contributed by atoms with van der Waals surface area (Å²) in [6.07, 6.45) is 3.08. The van der Waals surface area contributed by atoms with Crippen LogP contribution in [0.4, 0.5) is 0 Å². The summed E-state index contributed by atoms with van der Waals surface area (Å²) >= 11 is 0. The molecular formula is C11H22IN3O3S. The maximum Gasteiger partial charge on any atom is 0.191 e. The summed E-state index contributed by atoms with van der Waals surface area (Å²) in [6, 6.07) is -0.0225. The Morgan fingerprint density at radius 1 is 1.42 bits per heavy atom. The second-order valence-electron chi connectivity index (χ2n) is 4.83. The number of nitrogens with one attached hydrogen (secondary N) is 2. The Morgan fingerprint density at radius 3 is 2.74 bits per heavy atom. The minimum absolute atomic E-state index is 0. The van der Waals surface area contributed by atoms with E-state index in [9.17, 15) is 8.42 Å². The highest BCUT2D eigenvalue weighted by molar-refractivity contribution is 14.0. The number of sulfone groups is 1. The van der Waals surface area contributed by atoms with E-state index >= 15 is 0 Å². The molecule has 0 aliphatic carbocycles. The summed E-state index contributed by atoms with van der Waals surface area (Å²) < 4.78 is 28.2. The molecule has 2 aliphatic heterocycles. The zero-order valence-corrected chi connectivity index (χ0v) is 14.2. The Bertz CT molecular complexity index is 407. The van der Waals surface area contributed by atoms with E-state index in [1.54, 1.807) is 7.05 Å². The Hall–Kier alpha value is -0.0900. The average Bonchev–Trinajstić information content (AvgIpc) is 2.94. The summed E-state index contributed by atoms with van der Waals surface area (Å²) in [7, 11) is -1.16. The van der Waals surface area contributed by atoms with Crippen molar-refractivity contribution < 1.29 is 13.2 Å². The average molecular weight is 403 g/mol. The molecule has 0 radical (unpaired) electrons. The molecule has 0 aromatic rings. The van der Waals surface area contributed by atoms with Gasteiger partial charge in [-0.1, -0.05) is 0 Å². The zero-order valence-electron chi connectivity index (χ0n) is 11.1. The molecule has 2 atom stereocenters. The highest BCUT2D eigenvalue weighted by atomic mass is 127. The minimum Gasteiger partial charge on any atom is -0.376 e. The van der Waals surface area contributed by atoms with E-state index < -0.39 is 9.84 Å². The molecule has 2 rings (SSSR count). The van der Waals surface area contributed by atoms with Crippen LogP contribution in [0, 0.1) is 0 Å². The third-order valence-electron chi connectivity index (χ3n) is 3.32. The molecule has 0 amide bonds. The van der Waals surface area contributed by atoms with Crippen molar-refractivity contribution in [3.05, 3.63) is 0 Å². The molecule has 2 fully saturated rings. The molecule has 0 spiro atoms. The van der Waals surface area contributed by atoms with Crippen molar-refractivity contribution in [2.24, 2.45) is 4.99 Å². The molecule has 112 valence electrons. The maximum absolute atomic E-state index is 11.4. The highest BCUT2D eigenvalue weighted by Gasteiger charge is 2.28. The van der Waals surface area contributed by atoms with Crippen LogP contribution in [-0.2, 0) is 14.6 Å². The Morgan fingerprint density at radius 2 is 2.21 bits per heavy atom. The Kier molecular flexibility index (Phi) is 6.81. The molecule has 0 aromatic heterocycles. The maximum atomic E-state index is 11.4. The first-order valence-electron chi connectivity index (χ1n) is 6.38. The van der Waals surface area contributed by atoms with Crippen LogP contribution in [0.1, 0.15) is 19.3 Å². The van der Waals surface area contributed by atoms with Gasteiger partial charge in [-0.2, -0.15) is 0 Å². The molecule has 2 heterocycles. The fourth-order valence-electron chi connectivity index (χ4n) is 2.31. The summed E-state index contributed by atoms with van der Waals surface area (Å²) in [5.41, 5.74) is 0. The van der Waals surface area contributed by atoms with Gasteiger partial charge < -0.3 is 15.4 Å². The van der Waals surface area contributed by atoms with E-state index in [2.05, 4.69) is 15.6 Å². The minimum atomic E-state index is -2.85. The molecule has 6 nitrogen and oxygen atoms in total. The van der Waals surface area contributed by atoms with Gasteiger partial charge in [-0.05, 0) is 19.3 Å². The third kappa shape index (κ3) is 5.42. The van der Waals surface area contributed by atoms with Crippen molar-refractivity contribution in [1.29, 1.82) is 0 Å². The van der Waals surface area contributed by atoms with Gasteiger partial charge in [0.2, 0.25) is 0 Å². The number of rotatable bonds is 3. The first-order chi connectivity index (χ1) is 8.59. The third-order valence-corrected chi connectivity index (χ3v) is 5.09. The highest BCUT2D eigenvalue weighted by Crippen LogP contribution is 2.12. The second-order valence-corrected chi connectivity index (χ2v) is 7.06. The number of hydrogen-bond donors (Lipinski definition) is 2. The van der Waals surface area contributed by atoms with Gasteiger partial charge in [0.1, 0.15) is 0 Å². The van der Waals surface area contributed by atoms with Gasteiger partial charge in [-0.25, -0.2) is 8.42 Å². The van der Waals surface area contributed by atoms with Gasteiger partial charge in [-0.3, -0.25) is 4.99 Å².